The molecule has 0 saturated carbocycles. The molecule has 0 spiro atoms. The lowest BCUT2D eigenvalue weighted by molar-refractivity contribution is -0.123. The maximum Gasteiger partial charge on any atom is 0.262 e. The van der Waals surface area contributed by atoms with Crippen LogP contribution in [0.5, 0.6) is 0 Å². The van der Waals surface area contributed by atoms with Crippen molar-refractivity contribution in [2.24, 2.45) is 11.0 Å². The molecule has 2 aromatic rings. The van der Waals surface area contributed by atoms with Crippen molar-refractivity contribution in [3.63, 3.8) is 0 Å². The number of benzene rings is 2. The third-order valence-corrected chi connectivity index (χ3v) is 3.80. The Morgan fingerprint density at radius 3 is 1.92 bits per heavy atom. The average Bonchev–Trinajstić information content (AvgIpc) is 2.64. The molecule has 0 saturated heterocycles. The molecule has 1 atom stereocenters. The van der Waals surface area contributed by atoms with Crippen molar-refractivity contribution in [3.05, 3.63) is 71.8 Å². The van der Waals surface area contributed by atoms with Gasteiger partial charge in [0.2, 0.25) is 0 Å². The molecule has 0 fully saturated rings. The van der Waals surface area contributed by atoms with E-state index in [0.29, 0.717) is 11.3 Å². The number of hydrogen-bond donors (Lipinski definition) is 2. The number of carbonyl (C=O) groups is 2. The zero-order valence-corrected chi connectivity index (χ0v) is 14.7. The maximum atomic E-state index is 12.5. The van der Waals surface area contributed by atoms with Crippen molar-refractivity contribution in [2.75, 3.05) is 0 Å². The maximum absolute atomic E-state index is 12.5. The Labute approximate surface area is 148 Å². The van der Waals surface area contributed by atoms with Gasteiger partial charge in [-0.2, -0.15) is 5.10 Å². The Balaban J connectivity index is 2.04. The standard InChI is InChI=1S/C20H23N3O2/c1-14(2)18(21-19(24)17-12-8-5-9-13-17)20(25)23-22-15(3)16-10-6-4-7-11-16/h4-14,18H,1-3H3,(H,21,24)(H,23,25)/b22-15-/t18-/m0/s1. The predicted octanol–water partition coefficient (Wildman–Crippen LogP) is 2.98. The van der Waals surface area contributed by atoms with E-state index < -0.39 is 6.04 Å². The lowest BCUT2D eigenvalue weighted by atomic mass is 10.0. The third-order valence-electron chi connectivity index (χ3n) is 3.80. The zero-order valence-electron chi connectivity index (χ0n) is 14.7. The number of nitrogens with one attached hydrogen (secondary N) is 2. The van der Waals surface area contributed by atoms with Crippen LogP contribution in [-0.4, -0.2) is 23.6 Å². The van der Waals surface area contributed by atoms with Gasteiger partial charge in [0.25, 0.3) is 11.8 Å². The second kappa shape index (κ2) is 8.78. The van der Waals surface area contributed by atoms with Gasteiger partial charge in [0.1, 0.15) is 6.04 Å². The molecule has 0 aliphatic heterocycles. The van der Waals surface area contributed by atoms with E-state index in [4.69, 9.17) is 0 Å². The van der Waals surface area contributed by atoms with E-state index in [9.17, 15) is 9.59 Å². The topological polar surface area (TPSA) is 70.6 Å². The lowest BCUT2D eigenvalue weighted by Gasteiger charge is -2.20. The van der Waals surface area contributed by atoms with E-state index in [1.54, 1.807) is 24.3 Å². The van der Waals surface area contributed by atoms with Gasteiger partial charge in [0.15, 0.2) is 0 Å². The zero-order chi connectivity index (χ0) is 18.2. The fourth-order valence-electron chi connectivity index (χ4n) is 2.30. The first-order chi connectivity index (χ1) is 12.0. The first-order valence-electron chi connectivity index (χ1n) is 8.24. The van der Waals surface area contributed by atoms with Crippen molar-refractivity contribution in [3.8, 4) is 0 Å². The quantitative estimate of drug-likeness (QED) is 0.628. The molecular weight excluding hydrogens is 314 g/mol. The predicted molar refractivity (Wildman–Crippen MR) is 99.3 cm³/mol. The molecule has 0 heterocycles. The summed E-state index contributed by atoms with van der Waals surface area (Å²) in [6.45, 7) is 5.58. The summed E-state index contributed by atoms with van der Waals surface area (Å²) in [5.74, 6) is -0.687. The van der Waals surface area contributed by atoms with E-state index in [1.165, 1.54) is 0 Å². The van der Waals surface area contributed by atoms with E-state index in [1.807, 2.05) is 57.2 Å². The van der Waals surface area contributed by atoms with Crippen molar-refractivity contribution in [1.29, 1.82) is 0 Å². The van der Waals surface area contributed by atoms with E-state index in [0.717, 1.165) is 5.56 Å². The molecule has 2 aromatic carbocycles. The van der Waals surface area contributed by atoms with Crippen LogP contribution < -0.4 is 10.7 Å². The highest BCUT2D eigenvalue weighted by Gasteiger charge is 2.24. The van der Waals surface area contributed by atoms with Crippen molar-refractivity contribution >= 4 is 17.5 Å². The molecule has 0 unspecified atom stereocenters. The minimum Gasteiger partial charge on any atom is -0.340 e. The molecule has 2 rings (SSSR count). The van der Waals surface area contributed by atoms with Crippen LogP contribution in [0.25, 0.3) is 0 Å². The SMILES string of the molecule is C/C(=N/NC(=O)[C@@H](NC(=O)c1ccccc1)C(C)C)c1ccccc1. The molecule has 5 heteroatoms. The first kappa shape index (κ1) is 18.4. The summed E-state index contributed by atoms with van der Waals surface area (Å²) in [5.41, 5.74) is 4.70. The molecule has 0 bridgehead atoms. The highest BCUT2D eigenvalue weighted by atomic mass is 16.2. The van der Waals surface area contributed by atoms with Gasteiger partial charge in [0.05, 0.1) is 5.71 Å². The Morgan fingerprint density at radius 2 is 1.40 bits per heavy atom. The van der Waals surface area contributed by atoms with Gasteiger partial charge < -0.3 is 5.32 Å². The van der Waals surface area contributed by atoms with Gasteiger partial charge in [-0.15, -0.1) is 0 Å². The summed E-state index contributed by atoms with van der Waals surface area (Å²) >= 11 is 0. The molecule has 0 radical (unpaired) electrons. The van der Waals surface area contributed by atoms with Crippen LogP contribution in [0.3, 0.4) is 0 Å². The highest BCUT2D eigenvalue weighted by molar-refractivity contribution is 6.00. The van der Waals surface area contributed by atoms with Crippen molar-refractivity contribution in [1.82, 2.24) is 10.7 Å². The Bertz CT molecular complexity index is 740. The van der Waals surface area contributed by atoms with Gasteiger partial charge in [-0.05, 0) is 30.5 Å². The van der Waals surface area contributed by atoms with Crippen LogP contribution in [0.2, 0.25) is 0 Å². The Hall–Kier alpha value is -2.95. The largest absolute Gasteiger partial charge is 0.340 e. The first-order valence-corrected chi connectivity index (χ1v) is 8.24. The molecular formula is C20H23N3O2. The van der Waals surface area contributed by atoms with Crippen LogP contribution in [0.1, 0.15) is 36.7 Å². The molecule has 130 valence electrons. The number of amides is 2. The van der Waals surface area contributed by atoms with Crippen LogP contribution in [0.15, 0.2) is 65.8 Å². The summed E-state index contributed by atoms with van der Waals surface area (Å²) in [6.07, 6.45) is 0. The van der Waals surface area contributed by atoms with Gasteiger partial charge in [-0.1, -0.05) is 62.4 Å². The fraction of sp³-hybridized carbons (Fsp3) is 0.250. The summed E-state index contributed by atoms with van der Waals surface area (Å²) in [7, 11) is 0. The van der Waals surface area contributed by atoms with Crippen LogP contribution >= 0.6 is 0 Å². The van der Waals surface area contributed by atoms with Crippen molar-refractivity contribution in [2.45, 2.75) is 26.8 Å². The Morgan fingerprint density at radius 1 is 0.880 bits per heavy atom. The molecule has 0 aliphatic rings. The minimum atomic E-state index is -0.667. The van der Waals surface area contributed by atoms with Crippen LogP contribution in [-0.2, 0) is 4.79 Å². The molecule has 2 amide bonds. The second-order valence-corrected chi connectivity index (χ2v) is 6.10. The summed E-state index contributed by atoms with van der Waals surface area (Å²) in [4.78, 5) is 24.8. The Kier molecular flexibility index (Phi) is 6.46. The molecule has 2 N–H and O–H groups in total. The molecule has 25 heavy (non-hydrogen) atoms. The monoisotopic (exact) mass is 337 g/mol. The average molecular weight is 337 g/mol. The molecule has 0 aromatic heterocycles. The number of hydrogen-bond acceptors (Lipinski definition) is 3. The summed E-state index contributed by atoms with van der Waals surface area (Å²) in [5, 5.41) is 6.92. The van der Waals surface area contributed by atoms with Crippen molar-refractivity contribution < 1.29 is 9.59 Å². The van der Waals surface area contributed by atoms with Gasteiger partial charge in [0, 0.05) is 5.56 Å². The van der Waals surface area contributed by atoms with E-state index in [-0.39, 0.29) is 17.7 Å². The number of nitrogens with zero attached hydrogens (tertiary/aromatic N) is 1. The smallest absolute Gasteiger partial charge is 0.262 e. The van der Waals surface area contributed by atoms with E-state index >= 15 is 0 Å². The molecule has 5 nitrogen and oxygen atoms in total. The fourth-order valence-corrected chi connectivity index (χ4v) is 2.30. The normalized spacial score (nSPS) is 12.6. The van der Waals surface area contributed by atoms with Gasteiger partial charge in [-0.3, -0.25) is 9.59 Å². The lowest BCUT2D eigenvalue weighted by Crippen LogP contribution is -2.48. The van der Waals surface area contributed by atoms with E-state index in [2.05, 4.69) is 15.8 Å². The minimum absolute atomic E-state index is 0.0695. The summed E-state index contributed by atoms with van der Waals surface area (Å²) in [6, 6.07) is 17.7. The second-order valence-electron chi connectivity index (χ2n) is 6.10. The number of hydrazone groups is 1. The van der Waals surface area contributed by atoms with Gasteiger partial charge >= 0.3 is 0 Å². The van der Waals surface area contributed by atoms with Crippen LogP contribution in [0.4, 0.5) is 0 Å². The van der Waals surface area contributed by atoms with Gasteiger partial charge in [-0.25, -0.2) is 5.43 Å². The third kappa shape index (κ3) is 5.28. The number of rotatable bonds is 6. The highest BCUT2D eigenvalue weighted by Crippen LogP contribution is 2.06. The van der Waals surface area contributed by atoms with Crippen LogP contribution in [0, 0.1) is 5.92 Å². The summed E-state index contributed by atoms with van der Waals surface area (Å²) < 4.78 is 0. The number of carbonyl (C=O) groups excluding carboxylic acids is 2. The molecule has 0 aliphatic carbocycles.